The van der Waals surface area contributed by atoms with Crippen LogP contribution in [0.5, 0.6) is 5.75 Å². The van der Waals surface area contributed by atoms with Gasteiger partial charge in [-0.05, 0) is 41.5 Å². The number of anilines is 1. The summed E-state index contributed by atoms with van der Waals surface area (Å²) in [5, 5.41) is 6.51. The first-order valence-electron chi connectivity index (χ1n) is 8.45. The average molecular weight is 402 g/mol. The van der Waals surface area contributed by atoms with Gasteiger partial charge < -0.3 is 15.4 Å². The van der Waals surface area contributed by atoms with E-state index >= 15 is 0 Å². The van der Waals surface area contributed by atoms with Gasteiger partial charge in [0.15, 0.2) is 5.11 Å². The molecule has 0 bridgehead atoms. The number of hydrogen-bond acceptors (Lipinski definition) is 2. The molecule has 3 aromatic carbocycles. The van der Waals surface area contributed by atoms with Gasteiger partial charge in [-0.25, -0.2) is 0 Å². The van der Waals surface area contributed by atoms with Crippen LogP contribution in [0.2, 0.25) is 0 Å². The van der Waals surface area contributed by atoms with Gasteiger partial charge >= 0.3 is 6.36 Å². The highest BCUT2D eigenvalue weighted by Crippen LogP contribution is 2.27. The third-order valence-corrected chi connectivity index (χ3v) is 4.09. The van der Waals surface area contributed by atoms with Crippen molar-refractivity contribution < 1.29 is 17.9 Å². The molecule has 2 N–H and O–H groups in total. The SMILES string of the molecule is FC(F)(F)Oc1cccc(CNC(=S)Nc2ccccc2-c2ccccc2)c1. The molecular weight excluding hydrogens is 385 g/mol. The van der Waals surface area contributed by atoms with Crippen molar-refractivity contribution in [2.24, 2.45) is 0 Å². The van der Waals surface area contributed by atoms with Crippen molar-refractivity contribution in [2.75, 3.05) is 5.32 Å². The predicted octanol–water partition coefficient (Wildman–Crippen LogP) is 5.74. The topological polar surface area (TPSA) is 33.3 Å². The molecule has 0 atom stereocenters. The molecule has 0 radical (unpaired) electrons. The smallest absolute Gasteiger partial charge is 0.406 e. The lowest BCUT2D eigenvalue weighted by molar-refractivity contribution is -0.274. The summed E-state index contributed by atoms with van der Waals surface area (Å²) in [6, 6.07) is 23.4. The standard InChI is InChI=1S/C21H17F3N2OS/c22-21(23,24)27-17-10-6-7-15(13-17)14-25-20(28)26-19-12-5-4-11-18(19)16-8-2-1-3-9-16/h1-13H,14H2,(H2,25,26,28). The molecule has 3 aromatic rings. The summed E-state index contributed by atoms with van der Waals surface area (Å²) < 4.78 is 40.9. The van der Waals surface area contributed by atoms with E-state index < -0.39 is 6.36 Å². The Hall–Kier alpha value is -3.06. The summed E-state index contributed by atoms with van der Waals surface area (Å²) in [4.78, 5) is 0. The molecule has 0 amide bonds. The Balaban J connectivity index is 1.64. The second kappa shape index (κ2) is 8.75. The van der Waals surface area contributed by atoms with E-state index in [0.717, 1.165) is 16.8 Å². The van der Waals surface area contributed by atoms with Crippen LogP contribution in [-0.4, -0.2) is 11.5 Å². The fraction of sp³-hybridized carbons (Fsp3) is 0.0952. The molecule has 3 rings (SSSR count). The van der Waals surface area contributed by atoms with E-state index in [2.05, 4.69) is 15.4 Å². The molecule has 0 fully saturated rings. The Morgan fingerprint density at radius 2 is 1.61 bits per heavy atom. The van der Waals surface area contributed by atoms with Crippen LogP contribution in [-0.2, 0) is 6.54 Å². The monoisotopic (exact) mass is 402 g/mol. The summed E-state index contributed by atoms with van der Waals surface area (Å²) in [5.74, 6) is -0.264. The first-order chi connectivity index (χ1) is 13.4. The van der Waals surface area contributed by atoms with Gasteiger partial charge in [-0.1, -0.05) is 60.7 Å². The van der Waals surface area contributed by atoms with E-state index in [-0.39, 0.29) is 12.3 Å². The minimum Gasteiger partial charge on any atom is -0.406 e. The zero-order chi connectivity index (χ0) is 20.0. The third kappa shape index (κ3) is 5.72. The van der Waals surface area contributed by atoms with Crippen molar-refractivity contribution in [1.29, 1.82) is 0 Å². The molecular formula is C21H17F3N2OS. The Morgan fingerprint density at radius 1 is 0.893 bits per heavy atom. The van der Waals surface area contributed by atoms with Crippen LogP contribution in [0.25, 0.3) is 11.1 Å². The number of nitrogens with one attached hydrogen (secondary N) is 2. The Morgan fingerprint density at radius 3 is 2.36 bits per heavy atom. The van der Waals surface area contributed by atoms with Gasteiger partial charge in [0.2, 0.25) is 0 Å². The summed E-state index contributed by atoms with van der Waals surface area (Å²) in [6.45, 7) is 0.258. The molecule has 7 heteroatoms. The molecule has 0 unspecified atom stereocenters. The highest BCUT2D eigenvalue weighted by atomic mass is 32.1. The fourth-order valence-corrected chi connectivity index (χ4v) is 2.85. The normalized spacial score (nSPS) is 11.0. The number of ether oxygens (including phenoxy) is 1. The van der Waals surface area contributed by atoms with Crippen LogP contribution in [0.4, 0.5) is 18.9 Å². The first-order valence-corrected chi connectivity index (χ1v) is 8.85. The Labute approximate surface area is 166 Å². The van der Waals surface area contributed by atoms with E-state index in [0.29, 0.717) is 10.7 Å². The van der Waals surface area contributed by atoms with Crippen molar-refractivity contribution in [3.63, 3.8) is 0 Å². The Bertz CT molecular complexity index is 946. The minimum absolute atomic E-state index is 0.258. The molecule has 0 aromatic heterocycles. The lowest BCUT2D eigenvalue weighted by Gasteiger charge is -2.15. The van der Waals surface area contributed by atoms with Crippen molar-refractivity contribution in [1.82, 2.24) is 5.32 Å². The zero-order valence-corrected chi connectivity index (χ0v) is 15.5. The molecule has 0 aliphatic carbocycles. The van der Waals surface area contributed by atoms with E-state index in [1.54, 1.807) is 6.07 Å². The molecule has 0 heterocycles. The van der Waals surface area contributed by atoms with Crippen molar-refractivity contribution in [3.05, 3.63) is 84.4 Å². The van der Waals surface area contributed by atoms with E-state index in [9.17, 15) is 13.2 Å². The summed E-state index contributed by atoms with van der Waals surface area (Å²) in [6.07, 6.45) is -4.72. The highest BCUT2D eigenvalue weighted by Gasteiger charge is 2.31. The van der Waals surface area contributed by atoms with Gasteiger partial charge in [-0.3, -0.25) is 0 Å². The van der Waals surface area contributed by atoms with Gasteiger partial charge in [-0.15, -0.1) is 13.2 Å². The van der Waals surface area contributed by atoms with Crippen LogP contribution in [0.3, 0.4) is 0 Å². The number of hydrogen-bond donors (Lipinski definition) is 2. The second-order valence-corrected chi connectivity index (χ2v) is 6.32. The van der Waals surface area contributed by atoms with Gasteiger partial charge in [0.05, 0.1) is 0 Å². The van der Waals surface area contributed by atoms with Gasteiger partial charge in [-0.2, -0.15) is 0 Å². The Kier molecular flexibility index (Phi) is 6.16. The maximum absolute atomic E-state index is 12.3. The van der Waals surface area contributed by atoms with Crippen LogP contribution < -0.4 is 15.4 Å². The van der Waals surface area contributed by atoms with Gasteiger partial charge in [0, 0.05) is 17.8 Å². The second-order valence-electron chi connectivity index (χ2n) is 5.91. The molecule has 144 valence electrons. The molecule has 0 spiro atoms. The van der Waals surface area contributed by atoms with Crippen molar-refractivity contribution in [2.45, 2.75) is 12.9 Å². The third-order valence-electron chi connectivity index (χ3n) is 3.85. The van der Waals surface area contributed by atoms with Crippen LogP contribution in [0, 0.1) is 0 Å². The lowest BCUT2D eigenvalue weighted by Crippen LogP contribution is -2.28. The van der Waals surface area contributed by atoms with E-state index in [1.807, 2.05) is 54.6 Å². The van der Waals surface area contributed by atoms with E-state index in [1.165, 1.54) is 18.2 Å². The minimum atomic E-state index is -4.72. The summed E-state index contributed by atoms with van der Waals surface area (Å²) in [7, 11) is 0. The van der Waals surface area contributed by atoms with Crippen LogP contribution in [0.1, 0.15) is 5.56 Å². The molecule has 3 nitrogen and oxygen atoms in total. The molecule has 0 aliphatic rings. The number of para-hydroxylation sites is 1. The van der Waals surface area contributed by atoms with Gasteiger partial charge in [0.25, 0.3) is 0 Å². The fourth-order valence-electron chi connectivity index (χ4n) is 2.66. The predicted molar refractivity (Wildman–Crippen MR) is 108 cm³/mol. The molecule has 28 heavy (non-hydrogen) atoms. The van der Waals surface area contributed by atoms with Crippen LogP contribution >= 0.6 is 12.2 Å². The quantitative estimate of drug-likeness (QED) is 0.534. The van der Waals surface area contributed by atoms with Crippen LogP contribution in [0.15, 0.2) is 78.9 Å². The molecule has 0 saturated carbocycles. The number of rotatable bonds is 5. The largest absolute Gasteiger partial charge is 0.573 e. The van der Waals surface area contributed by atoms with E-state index in [4.69, 9.17) is 12.2 Å². The average Bonchev–Trinajstić information content (AvgIpc) is 2.66. The van der Waals surface area contributed by atoms with Crippen molar-refractivity contribution in [3.8, 4) is 16.9 Å². The number of benzene rings is 3. The maximum atomic E-state index is 12.3. The highest BCUT2D eigenvalue weighted by molar-refractivity contribution is 7.80. The van der Waals surface area contributed by atoms with Gasteiger partial charge in [0.1, 0.15) is 5.75 Å². The van der Waals surface area contributed by atoms with Crippen molar-refractivity contribution >= 4 is 23.0 Å². The zero-order valence-electron chi connectivity index (χ0n) is 14.7. The first kappa shape index (κ1) is 19.7. The maximum Gasteiger partial charge on any atom is 0.573 e. The summed E-state index contributed by atoms with van der Waals surface area (Å²) >= 11 is 5.33. The number of halogens is 3. The number of thiocarbonyl (C=S) groups is 1. The molecule has 0 saturated heterocycles. The summed E-state index contributed by atoms with van der Waals surface area (Å²) in [5.41, 5.74) is 3.49. The molecule has 0 aliphatic heterocycles. The lowest BCUT2D eigenvalue weighted by atomic mass is 10.0. The number of alkyl halides is 3.